The number of hydrogen-bond acceptors (Lipinski definition) is 4. The fourth-order valence-corrected chi connectivity index (χ4v) is 4.46. The molecule has 2 atom stereocenters. The van der Waals surface area contributed by atoms with Crippen LogP contribution in [-0.2, 0) is 22.6 Å². The molecule has 130 valence electrons. The monoisotopic (exact) mass is 364 g/mol. The predicted octanol–water partition coefficient (Wildman–Crippen LogP) is 1.64. The fourth-order valence-electron chi connectivity index (χ4n) is 2.91. The third-order valence-corrected chi connectivity index (χ3v) is 5.88. The molecular weight excluding hydrogens is 354 g/mol. The molecular formula is C11H10F6N2O3S. The Balaban J connectivity index is 2.04. The van der Waals surface area contributed by atoms with Crippen LogP contribution in [0, 0.1) is 5.92 Å². The number of hydrogen-bond donors (Lipinski definition) is 1. The van der Waals surface area contributed by atoms with E-state index in [2.05, 4.69) is 5.10 Å². The first kappa shape index (κ1) is 16.6. The molecule has 0 unspecified atom stereocenters. The lowest BCUT2D eigenvalue weighted by atomic mass is 10.1. The highest BCUT2D eigenvalue weighted by atomic mass is 32.2. The van der Waals surface area contributed by atoms with Gasteiger partial charge in [0.1, 0.15) is 6.10 Å². The van der Waals surface area contributed by atoms with E-state index in [0.29, 0.717) is 4.68 Å². The van der Waals surface area contributed by atoms with Crippen LogP contribution in [0.3, 0.4) is 0 Å². The van der Waals surface area contributed by atoms with Crippen molar-refractivity contribution in [2.24, 2.45) is 5.92 Å². The van der Waals surface area contributed by atoms with Crippen molar-refractivity contribution in [3.63, 3.8) is 0 Å². The lowest BCUT2D eigenvalue weighted by molar-refractivity contribution is -0.157. The summed E-state index contributed by atoms with van der Waals surface area (Å²) in [5.41, 5.74) is -4.10. The van der Waals surface area contributed by atoms with Crippen molar-refractivity contribution in [3.05, 3.63) is 17.0 Å². The molecule has 3 rings (SSSR count). The van der Waals surface area contributed by atoms with E-state index in [4.69, 9.17) is 0 Å². The Morgan fingerprint density at radius 2 is 1.87 bits per heavy atom. The zero-order chi connectivity index (χ0) is 17.4. The molecule has 1 aliphatic heterocycles. The van der Waals surface area contributed by atoms with Crippen LogP contribution in [0.1, 0.15) is 29.2 Å². The predicted molar refractivity (Wildman–Crippen MR) is 63.1 cm³/mol. The third kappa shape index (κ3) is 2.42. The summed E-state index contributed by atoms with van der Waals surface area (Å²) in [6, 6.07) is 0. The quantitative estimate of drug-likeness (QED) is 0.810. The van der Waals surface area contributed by atoms with E-state index in [1.165, 1.54) is 0 Å². The number of halogens is 6. The summed E-state index contributed by atoms with van der Waals surface area (Å²) in [4.78, 5) is 0. The highest BCUT2D eigenvalue weighted by Gasteiger charge is 2.62. The number of fused-ring (bicyclic) bond motifs is 1. The van der Waals surface area contributed by atoms with Crippen LogP contribution in [0.15, 0.2) is 0 Å². The summed E-state index contributed by atoms with van der Waals surface area (Å²) < 4.78 is 102. The van der Waals surface area contributed by atoms with Crippen LogP contribution in [0.25, 0.3) is 0 Å². The number of aliphatic hydroxyl groups is 1. The third-order valence-electron chi connectivity index (χ3n) is 3.92. The van der Waals surface area contributed by atoms with Crippen molar-refractivity contribution in [1.29, 1.82) is 0 Å². The highest BCUT2D eigenvalue weighted by Crippen LogP contribution is 2.55. The van der Waals surface area contributed by atoms with Crippen LogP contribution in [-0.4, -0.2) is 40.7 Å². The van der Waals surface area contributed by atoms with Crippen LogP contribution in [0.4, 0.5) is 26.3 Å². The van der Waals surface area contributed by atoms with Gasteiger partial charge in [0.05, 0.1) is 17.2 Å². The summed E-state index contributed by atoms with van der Waals surface area (Å²) in [6.45, 7) is -0.444. The second-order valence-electron chi connectivity index (χ2n) is 5.71. The maximum atomic E-state index is 13.9. The Bertz CT molecular complexity index is 745. The molecule has 1 saturated heterocycles. The zero-order valence-corrected chi connectivity index (χ0v) is 12.0. The zero-order valence-electron chi connectivity index (χ0n) is 11.2. The molecule has 1 aliphatic carbocycles. The van der Waals surface area contributed by atoms with Crippen molar-refractivity contribution in [1.82, 2.24) is 9.78 Å². The first-order valence-corrected chi connectivity index (χ1v) is 8.25. The van der Waals surface area contributed by atoms with E-state index in [1.807, 2.05) is 0 Å². The van der Waals surface area contributed by atoms with E-state index in [1.54, 1.807) is 0 Å². The molecule has 5 nitrogen and oxygen atoms in total. The topological polar surface area (TPSA) is 72.2 Å². The first-order valence-electron chi connectivity index (χ1n) is 6.42. The van der Waals surface area contributed by atoms with Crippen LogP contribution < -0.4 is 0 Å². The molecule has 2 aliphatic rings. The maximum absolute atomic E-state index is 13.9. The van der Waals surface area contributed by atoms with E-state index in [0.717, 1.165) is 0 Å². The van der Waals surface area contributed by atoms with Gasteiger partial charge in [-0.25, -0.2) is 12.8 Å². The van der Waals surface area contributed by atoms with Crippen molar-refractivity contribution in [2.75, 3.05) is 11.5 Å². The van der Waals surface area contributed by atoms with E-state index < -0.39 is 63.6 Å². The van der Waals surface area contributed by atoms with Gasteiger partial charge in [-0.3, -0.25) is 4.68 Å². The summed E-state index contributed by atoms with van der Waals surface area (Å²) in [5, 5.41) is 12.5. The van der Waals surface area contributed by atoms with Gasteiger partial charge in [0.2, 0.25) is 6.17 Å². The average molecular weight is 364 g/mol. The molecule has 0 spiro atoms. The van der Waals surface area contributed by atoms with Crippen LogP contribution in [0.5, 0.6) is 0 Å². The Labute approximate surface area is 125 Å². The molecule has 0 saturated carbocycles. The Morgan fingerprint density at radius 1 is 1.30 bits per heavy atom. The van der Waals surface area contributed by atoms with Crippen molar-refractivity contribution >= 4 is 9.84 Å². The number of sulfone groups is 1. The fraction of sp³-hybridized carbons (Fsp3) is 0.727. The van der Waals surface area contributed by atoms with Crippen molar-refractivity contribution in [2.45, 2.75) is 30.9 Å². The number of nitrogens with zero attached hydrogens (tertiary/aromatic N) is 2. The van der Waals surface area contributed by atoms with E-state index >= 15 is 0 Å². The van der Waals surface area contributed by atoms with Gasteiger partial charge in [-0.1, -0.05) is 0 Å². The van der Waals surface area contributed by atoms with E-state index in [9.17, 15) is 39.9 Å². The molecule has 23 heavy (non-hydrogen) atoms. The Morgan fingerprint density at radius 3 is 2.35 bits per heavy atom. The molecule has 0 amide bonds. The van der Waals surface area contributed by atoms with Crippen molar-refractivity contribution in [3.8, 4) is 0 Å². The molecule has 1 aromatic heterocycles. The molecule has 0 aromatic carbocycles. The molecule has 1 aromatic rings. The van der Waals surface area contributed by atoms with Gasteiger partial charge in [-0.15, -0.1) is 0 Å². The largest absolute Gasteiger partial charge is 0.435 e. The standard InChI is InChI=1S/C11H10F6N2O3S/c12-7-6-5(9(20)10(7,13)14)8(11(15,16)17)18-19(6)1-4-2-23(21,22)3-4/h4,7,9,20H,1-3H2/t7-,9+/m1/s1. The van der Waals surface area contributed by atoms with Gasteiger partial charge < -0.3 is 5.11 Å². The molecule has 12 heteroatoms. The first-order chi connectivity index (χ1) is 10.3. The summed E-state index contributed by atoms with van der Waals surface area (Å²) >= 11 is 0. The molecule has 1 fully saturated rings. The Kier molecular flexibility index (Phi) is 3.33. The van der Waals surface area contributed by atoms with Gasteiger partial charge in [0.25, 0.3) is 0 Å². The van der Waals surface area contributed by atoms with Gasteiger partial charge in [0, 0.05) is 18.0 Å². The lowest BCUT2D eigenvalue weighted by Gasteiger charge is -2.26. The SMILES string of the molecule is O=S1(=O)CC(Cn2nc(C(F)(F)F)c3c2[C@@H](F)C(F)(F)[C@H]3O)C1. The minimum Gasteiger partial charge on any atom is -0.382 e. The Hall–Kier alpha value is -1.30. The lowest BCUT2D eigenvalue weighted by Crippen LogP contribution is -2.39. The van der Waals surface area contributed by atoms with Gasteiger partial charge in [-0.05, 0) is 0 Å². The number of rotatable bonds is 2. The van der Waals surface area contributed by atoms with Gasteiger partial charge in [0.15, 0.2) is 15.5 Å². The highest BCUT2D eigenvalue weighted by molar-refractivity contribution is 7.92. The summed E-state index contributed by atoms with van der Waals surface area (Å²) in [5.74, 6) is -5.71. The normalized spacial score (nSPS) is 29.3. The summed E-state index contributed by atoms with van der Waals surface area (Å²) in [6.07, 6.45) is -11.3. The number of aromatic nitrogens is 2. The summed E-state index contributed by atoms with van der Waals surface area (Å²) in [7, 11) is -3.29. The second-order valence-corrected chi connectivity index (χ2v) is 7.86. The minimum atomic E-state index is -5.15. The minimum absolute atomic E-state index is 0.334. The van der Waals surface area contributed by atoms with Crippen molar-refractivity contribution < 1.29 is 39.9 Å². The van der Waals surface area contributed by atoms with E-state index in [-0.39, 0.29) is 11.5 Å². The average Bonchev–Trinajstić information content (AvgIpc) is 2.80. The maximum Gasteiger partial charge on any atom is 0.435 e. The van der Waals surface area contributed by atoms with Crippen LogP contribution in [0.2, 0.25) is 0 Å². The van der Waals surface area contributed by atoms with Crippen LogP contribution >= 0.6 is 0 Å². The molecule has 1 N–H and O–H groups in total. The number of aliphatic hydroxyl groups excluding tert-OH is 1. The molecule has 0 radical (unpaired) electrons. The second kappa shape index (κ2) is 4.62. The molecule has 2 heterocycles. The van der Waals surface area contributed by atoms with Gasteiger partial charge in [-0.2, -0.15) is 27.1 Å². The van der Waals surface area contributed by atoms with Gasteiger partial charge >= 0.3 is 12.1 Å². The smallest absolute Gasteiger partial charge is 0.382 e. The molecule has 0 bridgehead atoms. The number of alkyl halides is 6.